The first kappa shape index (κ1) is 21.6. The molecule has 32 heavy (non-hydrogen) atoms. The number of ether oxygens (including phenoxy) is 1. The molecule has 1 aliphatic carbocycles. The van der Waals surface area contributed by atoms with E-state index in [2.05, 4.69) is 9.82 Å². The summed E-state index contributed by atoms with van der Waals surface area (Å²) in [6.45, 7) is -0.459. The Morgan fingerprint density at radius 2 is 1.69 bits per heavy atom. The van der Waals surface area contributed by atoms with E-state index < -0.39 is 35.6 Å². The maximum absolute atomic E-state index is 14.0. The van der Waals surface area contributed by atoms with Crippen LogP contribution >= 0.6 is 0 Å². The second-order valence-electron chi connectivity index (χ2n) is 7.30. The molecule has 0 atom stereocenters. The highest BCUT2D eigenvalue weighted by atomic mass is 19.2. The summed E-state index contributed by atoms with van der Waals surface area (Å²) in [6, 6.07) is 13.9. The lowest BCUT2D eigenvalue weighted by molar-refractivity contribution is -0.387. The van der Waals surface area contributed by atoms with Gasteiger partial charge in [-0.3, -0.25) is 0 Å². The number of para-hydroxylation sites is 1. The second kappa shape index (κ2) is 9.23. The molecular formula is C24H20F3N2O3+. The molecule has 0 amide bonds. The summed E-state index contributed by atoms with van der Waals surface area (Å²) in [7, 11) is 0. The summed E-state index contributed by atoms with van der Waals surface area (Å²) in [5, 5.41) is 0. The van der Waals surface area contributed by atoms with Gasteiger partial charge in [-0.1, -0.05) is 18.2 Å². The van der Waals surface area contributed by atoms with Gasteiger partial charge in [0.05, 0.1) is 5.56 Å². The van der Waals surface area contributed by atoms with Gasteiger partial charge in [0, 0.05) is 23.3 Å². The van der Waals surface area contributed by atoms with Gasteiger partial charge in [-0.2, -0.15) is 10.9 Å². The van der Waals surface area contributed by atoms with Gasteiger partial charge < -0.3 is 9.57 Å². The largest absolute Gasteiger partial charge is 0.488 e. The van der Waals surface area contributed by atoms with E-state index >= 15 is 0 Å². The number of carbonyl (C=O) groups excluding carboxylic acids is 1. The number of hydrogen-bond donors (Lipinski definition) is 1. The van der Waals surface area contributed by atoms with E-state index in [1.807, 2.05) is 18.2 Å². The Morgan fingerprint density at radius 1 is 0.938 bits per heavy atom. The van der Waals surface area contributed by atoms with E-state index in [4.69, 9.17) is 10.6 Å². The molecule has 164 valence electrons. The quantitative estimate of drug-likeness (QED) is 0.447. The van der Waals surface area contributed by atoms with Crippen molar-refractivity contribution in [2.24, 2.45) is 5.90 Å². The van der Waals surface area contributed by atoms with Crippen molar-refractivity contribution in [3.8, 4) is 5.75 Å². The third kappa shape index (κ3) is 4.22. The van der Waals surface area contributed by atoms with Crippen molar-refractivity contribution in [1.82, 2.24) is 0 Å². The highest BCUT2D eigenvalue weighted by molar-refractivity contribution is 5.93. The molecule has 0 unspecified atom stereocenters. The van der Waals surface area contributed by atoms with Crippen LogP contribution < -0.4 is 15.6 Å². The first-order chi connectivity index (χ1) is 15.5. The van der Waals surface area contributed by atoms with E-state index in [1.165, 1.54) is 0 Å². The number of aromatic nitrogens is 1. The van der Waals surface area contributed by atoms with Crippen LogP contribution in [0.15, 0.2) is 54.6 Å². The van der Waals surface area contributed by atoms with Crippen LogP contribution in [0.3, 0.4) is 0 Å². The summed E-state index contributed by atoms with van der Waals surface area (Å²) >= 11 is 0. The zero-order chi connectivity index (χ0) is 22.7. The van der Waals surface area contributed by atoms with Crippen molar-refractivity contribution in [2.45, 2.75) is 25.9 Å². The average Bonchev–Trinajstić information content (AvgIpc) is 3.31. The summed E-state index contributed by atoms with van der Waals surface area (Å²) in [6.07, 6.45) is 2.39. The van der Waals surface area contributed by atoms with Crippen molar-refractivity contribution in [1.29, 1.82) is 0 Å². The van der Waals surface area contributed by atoms with Gasteiger partial charge in [-0.15, -0.1) is 0 Å². The molecular weight excluding hydrogens is 421 g/mol. The van der Waals surface area contributed by atoms with Crippen LogP contribution in [0.25, 0.3) is 11.1 Å². The molecule has 0 saturated carbocycles. The normalized spacial score (nSPS) is 13.4. The summed E-state index contributed by atoms with van der Waals surface area (Å²) in [5.74, 6) is 1.45. The van der Waals surface area contributed by atoms with Gasteiger partial charge in [-0.05, 0) is 49.1 Å². The Balaban J connectivity index is 1.69. The van der Waals surface area contributed by atoms with Crippen molar-refractivity contribution in [2.75, 3.05) is 0 Å². The smallest absolute Gasteiger partial charge is 0.422 e. The molecule has 3 N–H and O–H groups in total. The molecule has 2 aromatic carbocycles. The number of pyridine rings is 1. The third-order valence-electron chi connectivity index (χ3n) is 5.39. The van der Waals surface area contributed by atoms with E-state index in [0.717, 1.165) is 53.8 Å². The van der Waals surface area contributed by atoms with Crippen molar-refractivity contribution < 1.29 is 32.5 Å². The van der Waals surface area contributed by atoms with E-state index in [1.54, 1.807) is 24.3 Å². The van der Waals surface area contributed by atoms with Gasteiger partial charge in [-0.25, -0.2) is 18.0 Å². The molecule has 1 heterocycles. The van der Waals surface area contributed by atoms with Crippen LogP contribution in [0.4, 0.5) is 13.2 Å². The van der Waals surface area contributed by atoms with Gasteiger partial charge in [0.25, 0.3) is 5.69 Å². The highest BCUT2D eigenvalue weighted by Gasteiger charge is 2.26. The molecule has 1 aromatic heterocycles. The standard InChI is InChI=1S/C24H19F3N2O3/c25-18-11-12-19(26)23(27)17(18)13-31-22-10-2-1-5-16(22)14-6-3-7-15(14)20-8-4-9-21(29-20)24(30)32-28/h1-2,4-5,8-12H,3,6-7,13,28H2/p+1. The number of hydrogen-bond acceptors (Lipinski definition) is 4. The van der Waals surface area contributed by atoms with Crippen LogP contribution in [0.1, 0.15) is 46.6 Å². The van der Waals surface area contributed by atoms with Crippen LogP contribution in [0, 0.1) is 17.5 Å². The first-order valence-corrected chi connectivity index (χ1v) is 10.00. The number of allylic oxidation sites excluding steroid dienone is 2. The van der Waals surface area contributed by atoms with E-state index in [-0.39, 0.29) is 5.69 Å². The lowest BCUT2D eigenvalue weighted by atomic mass is 9.99. The highest BCUT2D eigenvalue weighted by Crippen LogP contribution is 2.41. The lowest BCUT2D eigenvalue weighted by Crippen LogP contribution is -2.24. The summed E-state index contributed by atoms with van der Waals surface area (Å²) in [4.78, 5) is 19.1. The summed E-state index contributed by atoms with van der Waals surface area (Å²) < 4.78 is 47.3. The fourth-order valence-electron chi connectivity index (χ4n) is 3.86. The monoisotopic (exact) mass is 441 g/mol. The Morgan fingerprint density at radius 3 is 2.50 bits per heavy atom. The maximum atomic E-state index is 14.0. The minimum atomic E-state index is -1.26. The van der Waals surface area contributed by atoms with E-state index in [9.17, 15) is 18.0 Å². The zero-order valence-corrected chi connectivity index (χ0v) is 17.0. The number of benzene rings is 2. The van der Waals surface area contributed by atoms with Gasteiger partial charge in [0.2, 0.25) is 5.69 Å². The molecule has 0 radical (unpaired) electrons. The number of rotatable bonds is 6. The number of halogens is 3. The fraction of sp³-hybridized carbons (Fsp3) is 0.167. The fourth-order valence-corrected chi connectivity index (χ4v) is 3.86. The average molecular weight is 441 g/mol. The topological polar surface area (TPSA) is 75.7 Å². The predicted octanol–water partition coefficient (Wildman–Crippen LogP) is 4.62. The van der Waals surface area contributed by atoms with Crippen molar-refractivity contribution in [3.63, 3.8) is 0 Å². The minimum Gasteiger partial charge on any atom is -0.488 e. The van der Waals surface area contributed by atoms with Crippen molar-refractivity contribution in [3.05, 3.63) is 94.6 Å². The lowest BCUT2D eigenvalue weighted by Gasteiger charge is -2.14. The molecule has 0 saturated heterocycles. The third-order valence-corrected chi connectivity index (χ3v) is 5.39. The van der Waals surface area contributed by atoms with Gasteiger partial charge >= 0.3 is 5.97 Å². The van der Waals surface area contributed by atoms with Crippen LogP contribution in [-0.2, 0) is 11.4 Å². The molecule has 4 rings (SSSR count). The van der Waals surface area contributed by atoms with E-state index in [0.29, 0.717) is 5.75 Å². The molecule has 1 aliphatic rings. The Bertz CT molecular complexity index is 1210. The van der Waals surface area contributed by atoms with Gasteiger partial charge in [0.1, 0.15) is 18.2 Å². The molecule has 8 heteroatoms. The van der Waals surface area contributed by atoms with Crippen molar-refractivity contribution >= 4 is 17.1 Å². The Hall–Kier alpha value is -3.65. The first-order valence-electron chi connectivity index (χ1n) is 10.00. The second-order valence-corrected chi connectivity index (χ2v) is 7.30. The number of carbonyl (C=O) groups is 1. The molecule has 3 aromatic rings. The predicted molar refractivity (Wildman–Crippen MR) is 110 cm³/mol. The minimum absolute atomic E-state index is 0.213. The number of nitrogens with two attached hydrogens (primary N) is 1. The molecule has 0 spiro atoms. The molecule has 0 aliphatic heterocycles. The summed E-state index contributed by atoms with van der Waals surface area (Å²) in [5.41, 5.74) is 3.20. The van der Waals surface area contributed by atoms with Crippen LogP contribution in [0.2, 0.25) is 0 Å². The molecule has 5 nitrogen and oxygen atoms in total. The van der Waals surface area contributed by atoms with Gasteiger partial charge in [0.15, 0.2) is 11.6 Å². The number of aromatic amines is 1. The molecule has 0 bridgehead atoms. The molecule has 0 fully saturated rings. The Labute approximate surface area is 182 Å². The maximum Gasteiger partial charge on any atom is 0.422 e. The van der Waals surface area contributed by atoms with Crippen LogP contribution in [-0.4, -0.2) is 5.97 Å². The number of H-pyrrole nitrogens is 1. The zero-order valence-electron chi connectivity index (χ0n) is 17.0. The Kier molecular flexibility index (Phi) is 6.23. The SMILES string of the molecule is NOC(=O)c1cccc(C2=C(c3ccccc3OCc3c(F)ccc(F)c3F)CCC2)[nH+]1. The van der Waals surface area contributed by atoms with Crippen LogP contribution in [0.5, 0.6) is 5.75 Å². The number of nitrogens with one attached hydrogen (secondary N) is 1.